The van der Waals surface area contributed by atoms with Crippen molar-refractivity contribution >= 4 is 0 Å². The van der Waals surface area contributed by atoms with Crippen molar-refractivity contribution < 1.29 is 9.57 Å². The van der Waals surface area contributed by atoms with E-state index < -0.39 is 0 Å². The summed E-state index contributed by atoms with van der Waals surface area (Å²) in [6.07, 6.45) is 3.66. The Kier molecular flexibility index (Phi) is 2.54. The minimum absolute atomic E-state index is 0.724. The molecule has 0 aliphatic carbocycles. The van der Waals surface area contributed by atoms with Gasteiger partial charge >= 0.3 is 0 Å². The van der Waals surface area contributed by atoms with Crippen LogP contribution in [0.2, 0.25) is 0 Å². The van der Waals surface area contributed by atoms with Gasteiger partial charge in [-0.2, -0.15) is 0 Å². The largest absolute Gasteiger partial charge is 0.414 e. The Morgan fingerprint density at radius 3 is 3.22 bits per heavy atom. The maximum atomic E-state index is 5.03. The molecule has 9 heavy (non-hydrogen) atoms. The lowest BCUT2D eigenvalue weighted by atomic mass is 10.6. The Labute approximate surface area is 54.8 Å². The number of hydroxylamine groups is 2. The van der Waals surface area contributed by atoms with Crippen molar-refractivity contribution in [2.75, 3.05) is 26.8 Å². The number of rotatable bonds is 3. The van der Waals surface area contributed by atoms with E-state index in [0.717, 1.165) is 19.7 Å². The molecule has 0 fully saturated rings. The van der Waals surface area contributed by atoms with Crippen LogP contribution in [0.5, 0.6) is 0 Å². The van der Waals surface area contributed by atoms with E-state index in [2.05, 4.69) is 0 Å². The van der Waals surface area contributed by atoms with E-state index in [0.29, 0.717) is 0 Å². The first-order chi connectivity index (χ1) is 4.43. The molecule has 52 valence electrons. The van der Waals surface area contributed by atoms with Crippen LogP contribution in [0.25, 0.3) is 0 Å². The normalized spacial score (nSPS) is 18.3. The smallest absolute Gasteiger partial charge is 0.109 e. The van der Waals surface area contributed by atoms with E-state index in [9.17, 15) is 0 Å². The molecule has 0 N–H and O–H groups in total. The minimum atomic E-state index is 0.724. The SMILES string of the molecule is COCCN1CC=CO1. The lowest BCUT2D eigenvalue weighted by Gasteiger charge is -2.12. The lowest BCUT2D eigenvalue weighted by Crippen LogP contribution is -2.22. The van der Waals surface area contributed by atoms with E-state index >= 15 is 0 Å². The summed E-state index contributed by atoms with van der Waals surface area (Å²) in [4.78, 5) is 5.03. The van der Waals surface area contributed by atoms with Gasteiger partial charge in [-0.05, 0) is 6.08 Å². The zero-order chi connectivity index (χ0) is 6.53. The standard InChI is InChI=1S/C6H11NO2/c1-8-6-4-7-3-2-5-9-7/h2,5H,3-4,6H2,1H3. The van der Waals surface area contributed by atoms with Gasteiger partial charge in [0.2, 0.25) is 0 Å². The Morgan fingerprint density at radius 2 is 2.67 bits per heavy atom. The molecule has 0 amide bonds. The van der Waals surface area contributed by atoms with Crippen molar-refractivity contribution in [3.05, 3.63) is 12.3 Å². The van der Waals surface area contributed by atoms with Crippen LogP contribution in [0.1, 0.15) is 0 Å². The van der Waals surface area contributed by atoms with E-state index in [1.165, 1.54) is 0 Å². The van der Waals surface area contributed by atoms with Gasteiger partial charge in [0, 0.05) is 7.11 Å². The number of hydrogen-bond acceptors (Lipinski definition) is 3. The van der Waals surface area contributed by atoms with E-state index in [4.69, 9.17) is 9.57 Å². The van der Waals surface area contributed by atoms with Gasteiger partial charge < -0.3 is 9.57 Å². The maximum Gasteiger partial charge on any atom is 0.109 e. The van der Waals surface area contributed by atoms with Crippen LogP contribution >= 0.6 is 0 Å². The predicted molar refractivity (Wildman–Crippen MR) is 33.7 cm³/mol. The molecule has 0 aromatic carbocycles. The Hall–Kier alpha value is -0.540. The van der Waals surface area contributed by atoms with Crippen LogP contribution in [0.15, 0.2) is 12.3 Å². The zero-order valence-electron chi connectivity index (χ0n) is 5.54. The van der Waals surface area contributed by atoms with Gasteiger partial charge in [0.25, 0.3) is 0 Å². The second-order valence-electron chi connectivity index (χ2n) is 1.86. The van der Waals surface area contributed by atoms with Crippen LogP contribution in [0.3, 0.4) is 0 Å². The average molecular weight is 129 g/mol. The van der Waals surface area contributed by atoms with Gasteiger partial charge in [-0.1, -0.05) is 0 Å². The van der Waals surface area contributed by atoms with Crippen LogP contribution < -0.4 is 0 Å². The highest BCUT2D eigenvalue weighted by molar-refractivity contribution is 4.81. The van der Waals surface area contributed by atoms with E-state index in [1.807, 2.05) is 11.1 Å². The summed E-state index contributed by atoms with van der Waals surface area (Å²) in [6.45, 7) is 2.44. The molecule has 0 spiro atoms. The Bertz CT molecular complexity index is 95.2. The fourth-order valence-electron chi connectivity index (χ4n) is 0.670. The van der Waals surface area contributed by atoms with Crippen molar-refractivity contribution in [2.45, 2.75) is 0 Å². The van der Waals surface area contributed by atoms with Crippen LogP contribution in [0.4, 0.5) is 0 Å². The summed E-state index contributed by atoms with van der Waals surface area (Å²) in [5, 5.41) is 1.84. The Morgan fingerprint density at radius 1 is 1.78 bits per heavy atom. The summed E-state index contributed by atoms with van der Waals surface area (Å²) in [7, 11) is 1.68. The molecule has 0 saturated carbocycles. The number of methoxy groups -OCH3 is 1. The van der Waals surface area contributed by atoms with Gasteiger partial charge in [0.1, 0.15) is 6.26 Å². The Balaban J connectivity index is 2.01. The van der Waals surface area contributed by atoms with E-state index in [1.54, 1.807) is 13.4 Å². The molecule has 0 atom stereocenters. The van der Waals surface area contributed by atoms with E-state index in [-0.39, 0.29) is 0 Å². The molecule has 0 radical (unpaired) electrons. The fourth-order valence-corrected chi connectivity index (χ4v) is 0.670. The number of ether oxygens (including phenoxy) is 1. The summed E-state index contributed by atoms with van der Waals surface area (Å²) < 4.78 is 4.85. The molecule has 3 nitrogen and oxygen atoms in total. The van der Waals surface area contributed by atoms with Gasteiger partial charge in [0.05, 0.1) is 19.7 Å². The second kappa shape index (κ2) is 3.48. The summed E-state index contributed by atoms with van der Waals surface area (Å²) >= 11 is 0. The first-order valence-electron chi connectivity index (χ1n) is 2.99. The van der Waals surface area contributed by atoms with Crippen molar-refractivity contribution in [1.82, 2.24) is 5.06 Å². The van der Waals surface area contributed by atoms with Crippen molar-refractivity contribution in [1.29, 1.82) is 0 Å². The van der Waals surface area contributed by atoms with Crippen LogP contribution in [0, 0.1) is 0 Å². The monoisotopic (exact) mass is 129 g/mol. The maximum absolute atomic E-state index is 5.03. The third-order valence-electron chi connectivity index (χ3n) is 1.16. The van der Waals surface area contributed by atoms with Crippen molar-refractivity contribution in [3.63, 3.8) is 0 Å². The number of nitrogens with zero attached hydrogens (tertiary/aromatic N) is 1. The molecule has 1 aliphatic rings. The first-order valence-corrected chi connectivity index (χ1v) is 2.99. The minimum Gasteiger partial charge on any atom is -0.414 e. The van der Waals surface area contributed by atoms with Gasteiger partial charge in [0.15, 0.2) is 0 Å². The molecule has 0 aromatic rings. The van der Waals surface area contributed by atoms with Gasteiger partial charge in [-0.25, -0.2) is 0 Å². The predicted octanol–water partition coefficient (Wildman–Crippen LogP) is 0.394. The molecule has 0 unspecified atom stereocenters. The number of hydrogen-bond donors (Lipinski definition) is 0. The first kappa shape index (κ1) is 6.58. The molecule has 3 heteroatoms. The highest BCUT2D eigenvalue weighted by Crippen LogP contribution is 1.98. The second-order valence-corrected chi connectivity index (χ2v) is 1.86. The average Bonchev–Trinajstić information content (AvgIpc) is 2.34. The summed E-state index contributed by atoms with van der Waals surface area (Å²) in [6, 6.07) is 0. The molecular weight excluding hydrogens is 118 g/mol. The molecular formula is C6H11NO2. The molecule has 1 aliphatic heterocycles. The van der Waals surface area contributed by atoms with Crippen molar-refractivity contribution in [2.24, 2.45) is 0 Å². The molecule has 0 aromatic heterocycles. The van der Waals surface area contributed by atoms with Crippen LogP contribution in [-0.4, -0.2) is 31.9 Å². The van der Waals surface area contributed by atoms with Crippen LogP contribution in [-0.2, 0) is 9.57 Å². The quantitative estimate of drug-likeness (QED) is 0.550. The fraction of sp³-hybridized carbons (Fsp3) is 0.667. The third kappa shape index (κ3) is 2.03. The van der Waals surface area contributed by atoms with Crippen molar-refractivity contribution in [3.8, 4) is 0 Å². The topological polar surface area (TPSA) is 21.7 Å². The highest BCUT2D eigenvalue weighted by Gasteiger charge is 2.05. The third-order valence-corrected chi connectivity index (χ3v) is 1.16. The lowest BCUT2D eigenvalue weighted by molar-refractivity contribution is -0.0861. The summed E-state index contributed by atoms with van der Waals surface area (Å²) in [5.41, 5.74) is 0. The molecule has 1 heterocycles. The van der Waals surface area contributed by atoms with Gasteiger partial charge in [-0.15, -0.1) is 5.06 Å². The highest BCUT2D eigenvalue weighted by atomic mass is 16.7. The molecule has 0 saturated heterocycles. The molecule has 0 bridgehead atoms. The molecule has 1 rings (SSSR count). The summed E-state index contributed by atoms with van der Waals surface area (Å²) in [5.74, 6) is 0. The van der Waals surface area contributed by atoms with Gasteiger partial charge in [-0.3, -0.25) is 0 Å². The zero-order valence-corrected chi connectivity index (χ0v) is 5.54.